The minimum Gasteiger partial charge on any atom is -1.00 e. The number of aromatic carboxylic acids is 1. The third-order valence-corrected chi connectivity index (χ3v) is 1.84. The molecular weight excluding hydrogens is 244 g/mol. The third-order valence-electron chi connectivity index (χ3n) is 1.53. The number of alkyl halides is 3. The Hall–Kier alpha value is -0.230. The van der Waals surface area contributed by atoms with E-state index in [0.717, 1.165) is 6.07 Å². The summed E-state index contributed by atoms with van der Waals surface area (Å²) in [7, 11) is 0. The summed E-state index contributed by atoms with van der Waals surface area (Å²) >= 11 is 5.35. The van der Waals surface area contributed by atoms with Gasteiger partial charge < -0.3 is 6.53 Å². The number of hydrogen-bond donors (Lipinski definition) is 1. The third kappa shape index (κ3) is 3.68. The SMILES string of the molecule is O=C(O)c1ccc(C(F)(F)F)cc1Cl.[H-].[Na+]. The molecule has 0 aromatic heterocycles. The molecule has 0 radical (unpaired) electrons. The molecule has 15 heavy (non-hydrogen) atoms. The summed E-state index contributed by atoms with van der Waals surface area (Å²) in [5.41, 5.74) is -1.31. The van der Waals surface area contributed by atoms with Crippen molar-refractivity contribution >= 4 is 17.6 Å². The molecule has 2 nitrogen and oxygen atoms in total. The van der Waals surface area contributed by atoms with Crippen LogP contribution in [0.3, 0.4) is 0 Å². The number of halogens is 4. The minimum atomic E-state index is -4.51. The van der Waals surface area contributed by atoms with Crippen LogP contribution < -0.4 is 29.6 Å². The number of benzene rings is 1. The van der Waals surface area contributed by atoms with Crippen molar-refractivity contribution in [3.63, 3.8) is 0 Å². The molecule has 0 heterocycles. The first-order valence-corrected chi connectivity index (χ1v) is 3.80. The first-order valence-electron chi connectivity index (χ1n) is 3.42. The van der Waals surface area contributed by atoms with Crippen molar-refractivity contribution in [1.29, 1.82) is 0 Å². The second-order valence-corrected chi connectivity index (χ2v) is 2.90. The molecule has 1 rings (SSSR count). The molecule has 1 N–H and O–H groups in total. The van der Waals surface area contributed by atoms with Crippen LogP contribution in [0.5, 0.6) is 0 Å². The van der Waals surface area contributed by atoms with E-state index in [2.05, 4.69) is 0 Å². The fraction of sp³-hybridized carbons (Fsp3) is 0.125. The van der Waals surface area contributed by atoms with Crippen molar-refractivity contribution in [3.05, 3.63) is 34.3 Å². The normalized spacial score (nSPS) is 10.7. The summed E-state index contributed by atoms with van der Waals surface area (Å²) in [5, 5.41) is 8.07. The van der Waals surface area contributed by atoms with Gasteiger partial charge >= 0.3 is 41.7 Å². The number of hydrogen-bond acceptors (Lipinski definition) is 1. The van der Waals surface area contributed by atoms with Crippen molar-refractivity contribution < 1.29 is 54.1 Å². The monoisotopic (exact) mass is 248 g/mol. The molecule has 0 atom stereocenters. The van der Waals surface area contributed by atoms with Crippen LogP contribution >= 0.6 is 11.6 Å². The fourth-order valence-corrected chi connectivity index (χ4v) is 1.13. The molecule has 0 saturated heterocycles. The molecule has 0 fully saturated rings. The first kappa shape index (κ1) is 14.8. The van der Waals surface area contributed by atoms with E-state index >= 15 is 0 Å². The van der Waals surface area contributed by atoms with Crippen LogP contribution in [0.2, 0.25) is 5.02 Å². The second-order valence-electron chi connectivity index (χ2n) is 2.50. The predicted octanol–water partition coefficient (Wildman–Crippen LogP) is 0.173. The second kappa shape index (κ2) is 5.21. The van der Waals surface area contributed by atoms with E-state index in [1.54, 1.807) is 0 Å². The van der Waals surface area contributed by atoms with E-state index in [-0.39, 0.29) is 36.5 Å². The van der Waals surface area contributed by atoms with Gasteiger partial charge in [-0.05, 0) is 18.2 Å². The summed E-state index contributed by atoms with van der Waals surface area (Å²) in [4.78, 5) is 10.4. The number of rotatable bonds is 1. The quantitative estimate of drug-likeness (QED) is 0.720. The molecule has 0 spiro atoms. The maximum atomic E-state index is 12.1. The maximum absolute atomic E-state index is 12.1. The Morgan fingerprint density at radius 3 is 2.27 bits per heavy atom. The molecule has 0 saturated carbocycles. The zero-order chi connectivity index (χ0) is 10.9. The van der Waals surface area contributed by atoms with E-state index in [1.807, 2.05) is 0 Å². The molecule has 0 aliphatic rings. The Morgan fingerprint density at radius 1 is 1.40 bits per heavy atom. The summed E-state index contributed by atoms with van der Waals surface area (Å²) in [6.07, 6.45) is -4.51. The van der Waals surface area contributed by atoms with Gasteiger partial charge in [-0.3, -0.25) is 0 Å². The van der Waals surface area contributed by atoms with Gasteiger partial charge in [-0.15, -0.1) is 0 Å². The van der Waals surface area contributed by atoms with Gasteiger partial charge in [-0.2, -0.15) is 13.2 Å². The zero-order valence-electron chi connectivity index (χ0n) is 8.60. The van der Waals surface area contributed by atoms with E-state index < -0.39 is 22.7 Å². The predicted molar refractivity (Wildman–Crippen MR) is 44.5 cm³/mol. The van der Waals surface area contributed by atoms with Crippen LogP contribution in [0.15, 0.2) is 18.2 Å². The smallest absolute Gasteiger partial charge is 1.00 e. The van der Waals surface area contributed by atoms with E-state index in [0.29, 0.717) is 12.1 Å². The van der Waals surface area contributed by atoms with Crippen molar-refractivity contribution in [2.45, 2.75) is 6.18 Å². The molecule has 0 unspecified atom stereocenters. The van der Waals surface area contributed by atoms with Gasteiger partial charge in [0, 0.05) is 0 Å². The molecular formula is C8H5ClF3NaO2. The van der Waals surface area contributed by atoms with Crippen LogP contribution in [0.25, 0.3) is 0 Å². The topological polar surface area (TPSA) is 37.3 Å². The largest absolute Gasteiger partial charge is 1.00 e. The summed E-state index contributed by atoms with van der Waals surface area (Å²) in [6.45, 7) is 0. The van der Waals surface area contributed by atoms with Gasteiger partial charge in [0.2, 0.25) is 0 Å². The Kier molecular flexibility index (Phi) is 5.13. The van der Waals surface area contributed by atoms with Crippen molar-refractivity contribution in [2.75, 3.05) is 0 Å². The zero-order valence-corrected chi connectivity index (χ0v) is 10.4. The van der Waals surface area contributed by atoms with Crippen LogP contribution in [-0.4, -0.2) is 11.1 Å². The first-order chi connectivity index (χ1) is 6.32. The summed E-state index contributed by atoms with van der Waals surface area (Å²) in [5.74, 6) is -1.36. The van der Waals surface area contributed by atoms with Gasteiger partial charge in [-0.1, -0.05) is 11.6 Å². The number of carbonyl (C=O) groups is 1. The molecule has 78 valence electrons. The van der Waals surface area contributed by atoms with Crippen molar-refractivity contribution in [2.24, 2.45) is 0 Å². The summed E-state index contributed by atoms with van der Waals surface area (Å²) < 4.78 is 36.3. The Labute approximate surface area is 112 Å². The van der Waals surface area contributed by atoms with Gasteiger partial charge in [-0.25, -0.2) is 4.79 Å². The average molecular weight is 249 g/mol. The van der Waals surface area contributed by atoms with E-state index in [9.17, 15) is 18.0 Å². The molecule has 0 bridgehead atoms. The molecule has 1 aromatic carbocycles. The van der Waals surface area contributed by atoms with Crippen molar-refractivity contribution in [1.82, 2.24) is 0 Å². The van der Waals surface area contributed by atoms with Crippen LogP contribution in [0, 0.1) is 0 Å². The molecule has 1 aromatic rings. The molecule has 0 amide bonds. The Balaban J connectivity index is 0. The van der Waals surface area contributed by atoms with Crippen LogP contribution in [0.1, 0.15) is 17.3 Å². The van der Waals surface area contributed by atoms with Crippen LogP contribution in [0.4, 0.5) is 13.2 Å². The Bertz CT molecular complexity index is 384. The molecule has 7 heteroatoms. The maximum Gasteiger partial charge on any atom is 1.00 e. The summed E-state index contributed by atoms with van der Waals surface area (Å²) in [6, 6.07) is 2.09. The van der Waals surface area contributed by atoms with Gasteiger partial charge in [0.05, 0.1) is 16.1 Å². The van der Waals surface area contributed by atoms with Gasteiger partial charge in [0.1, 0.15) is 0 Å². The average Bonchev–Trinajstić information content (AvgIpc) is 2.01. The number of carboxylic acids is 1. The van der Waals surface area contributed by atoms with Gasteiger partial charge in [0.25, 0.3) is 0 Å². The van der Waals surface area contributed by atoms with Crippen LogP contribution in [-0.2, 0) is 6.18 Å². The van der Waals surface area contributed by atoms with E-state index in [4.69, 9.17) is 16.7 Å². The molecule has 0 aliphatic heterocycles. The Morgan fingerprint density at radius 2 is 1.93 bits per heavy atom. The van der Waals surface area contributed by atoms with Gasteiger partial charge in [0.15, 0.2) is 0 Å². The molecule has 0 aliphatic carbocycles. The van der Waals surface area contributed by atoms with Crippen molar-refractivity contribution in [3.8, 4) is 0 Å². The van der Waals surface area contributed by atoms with E-state index in [1.165, 1.54) is 0 Å². The standard InChI is InChI=1S/C8H4ClF3O2.Na.H/c9-6-3-4(8(10,11)12)1-2-5(6)7(13)14;;/h1-3H,(H,13,14);;/q;+1;-1. The number of carboxylic acid groups (broad SMARTS) is 1. The minimum absolute atomic E-state index is 0. The fourth-order valence-electron chi connectivity index (χ4n) is 0.865.